The van der Waals surface area contributed by atoms with Crippen molar-refractivity contribution < 1.29 is 19.1 Å². The monoisotopic (exact) mass is 400 g/mol. The second-order valence-corrected chi connectivity index (χ2v) is 6.63. The van der Waals surface area contributed by atoms with Gasteiger partial charge in [0, 0.05) is 24.2 Å². The number of nitrogens with zero attached hydrogens (tertiary/aromatic N) is 2. The van der Waals surface area contributed by atoms with E-state index in [2.05, 4.69) is 15.7 Å². The van der Waals surface area contributed by atoms with E-state index >= 15 is 0 Å². The zero-order valence-corrected chi connectivity index (χ0v) is 16.5. The molecule has 2 heterocycles. The Kier molecular flexibility index (Phi) is 5.95. The molecule has 0 aliphatic carbocycles. The van der Waals surface area contributed by atoms with Crippen molar-refractivity contribution in [3.8, 4) is 11.5 Å². The average molecular weight is 400 g/mol. The van der Waals surface area contributed by atoms with Crippen LogP contribution in [-0.4, -0.2) is 35.8 Å². The SMILES string of the molecule is COc1cc(C(=O)NCc2ccnn2C)cc(NC(=O)c2ccsc2)c1OC. The lowest BCUT2D eigenvalue weighted by atomic mass is 10.1. The first-order valence-corrected chi connectivity index (χ1v) is 9.32. The number of ether oxygens (including phenoxy) is 2. The highest BCUT2D eigenvalue weighted by molar-refractivity contribution is 7.08. The Morgan fingerprint density at radius 1 is 1.14 bits per heavy atom. The number of hydrogen-bond acceptors (Lipinski definition) is 6. The number of carbonyl (C=O) groups is 2. The molecule has 0 bridgehead atoms. The van der Waals surface area contributed by atoms with E-state index < -0.39 is 0 Å². The molecule has 146 valence electrons. The molecule has 2 N–H and O–H groups in total. The van der Waals surface area contributed by atoms with Crippen LogP contribution in [0.1, 0.15) is 26.4 Å². The molecule has 0 atom stereocenters. The van der Waals surface area contributed by atoms with Gasteiger partial charge in [-0.15, -0.1) is 0 Å². The molecule has 3 rings (SSSR count). The maximum atomic E-state index is 12.6. The topological polar surface area (TPSA) is 94.5 Å². The van der Waals surface area contributed by atoms with Crippen molar-refractivity contribution in [3.05, 3.63) is 58.0 Å². The van der Waals surface area contributed by atoms with Crippen LogP contribution in [0.5, 0.6) is 11.5 Å². The van der Waals surface area contributed by atoms with E-state index in [1.54, 1.807) is 41.5 Å². The highest BCUT2D eigenvalue weighted by Gasteiger charge is 2.19. The standard InChI is InChI=1S/C19H20N4O4S/c1-23-14(4-6-21-23)10-20-18(24)13-8-15(17(27-3)16(9-13)26-2)22-19(25)12-5-7-28-11-12/h4-9,11H,10H2,1-3H3,(H,20,24)(H,22,25). The van der Waals surface area contributed by atoms with Gasteiger partial charge in [0.15, 0.2) is 11.5 Å². The summed E-state index contributed by atoms with van der Waals surface area (Å²) < 4.78 is 12.4. The third-order valence-electron chi connectivity index (χ3n) is 4.13. The van der Waals surface area contributed by atoms with Crippen molar-refractivity contribution >= 4 is 28.8 Å². The van der Waals surface area contributed by atoms with Gasteiger partial charge in [-0.3, -0.25) is 14.3 Å². The predicted molar refractivity (Wildman–Crippen MR) is 106 cm³/mol. The molecular weight excluding hydrogens is 380 g/mol. The molecule has 28 heavy (non-hydrogen) atoms. The van der Waals surface area contributed by atoms with E-state index in [1.807, 2.05) is 11.4 Å². The number of rotatable bonds is 7. The Hall–Kier alpha value is -3.33. The van der Waals surface area contributed by atoms with Gasteiger partial charge in [0.1, 0.15) is 0 Å². The number of amides is 2. The highest BCUT2D eigenvalue weighted by atomic mass is 32.1. The van der Waals surface area contributed by atoms with Gasteiger partial charge in [0.25, 0.3) is 11.8 Å². The molecule has 0 aliphatic rings. The normalized spacial score (nSPS) is 10.4. The Balaban J connectivity index is 1.85. The van der Waals surface area contributed by atoms with E-state index in [4.69, 9.17) is 9.47 Å². The zero-order chi connectivity index (χ0) is 20.1. The van der Waals surface area contributed by atoms with Crippen molar-refractivity contribution in [3.63, 3.8) is 0 Å². The smallest absolute Gasteiger partial charge is 0.256 e. The van der Waals surface area contributed by atoms with Crippen molar-refractivity contribution in [1.29, 1.82) is 0 Å². The molecule has 3 aromatic rings. The molecule has 2 amide bonds. The van der Waals surface area contributed by atoms with Crippen LogP contribution in [0.2, 0.25) is 0 Å². The third-order valence-corrected chi connectivity index (χ3v) is 4.81. The number of anilines is 1. The molecule has 0 fully saturated rings. The summed E-state index contributed by atoms with van der Waals surface area (Å²) in [4.78, 5) is 25.1. The Bertz CT molecular complexity index is 982. The van der Waals surface area contributed by atoms with Crippen LogP contribution in [0, 0.1) is 0 Å². The van der Waals surface area contributed by atoms with Crippen molar-refractivity contribution in [2.24, 2.45) is 7.05 Å². The summed E-state index contributed by atoms with van der Waals surface area (Å²) in [5.41, 5.74) is 2.07. The Labute approximate surface area is 166 Å². The number of hydrogen-bond donors (Lipinski definition) is 2. The Morgan fingerprint density at radius 3 is 2.57 bits per heavy atom. The molecule has 8 nitrogen and oxygen atoms in total. The number of aryl methyl sites for hydroxylation is 1. The van der Waals surface area contributed by atoms with Crippen LogP contribution in [-0.2, 0) is 13.6 Å². The molecule has 0 aliphatic heterocycles. The van der Waals surface area contributed by atoms with Crippen LogP contribution in [0.25, 0.3) is 0 Å². The molecule has 2 aromatic heterocycles. The highest BCUT2D eigenvalue weighted by Crippen LogP contribution is 2.37. The number of methoxy groups -OCH3 is 2. The van der Waals surface area contributed by atoms with Crippen LogP contribution in [0.3, 0.4) is 0 Å². The lowest BCUT2D eigenvalue weighted by molar-refractivity contribution is 0.0948. The summed E-state index contributed by atoms with van der Waals surface area (Å²) in [6.07, 6.45) is 1.66. The molecule has 0 saturated carbocycles. The number of carbonyl (C=O) groups excluding carboxylic acids is 2. The van der Waals surface area contributed by atoms with Gasteiger partial charge >= 0.3 is 0 Å². The number of thiophene rings is 1. The largest absolute Gasteiger partial charge is 0.493 e. The van der Waals surface area contributed by atoms with Gasteiger partial charge in [-0.2, -0.15) is 16.4 Å². The van der Waals surface area contributed by atoms with E-state index in [-0.39, 0.29) is 11.8 Å². The van der Waals surface area contributed by atoms with E-state index in [0.29, 0.717) is 34.9 Å². The lowest BCUT2D eigenvalue weighted by Gasteiger charge is -2.15. The summed E-state index contributed by atoms with van der Waals surface area (Å²) in [6.45, 7) is 0.320. The predicted octanol–water partition coefficient (Wildman–Crippen LogP) is 2.68. The fourth-order valence-corrected chi connectivity index (χ4v) is 3.26. The molecule has 0 radical (unpaired) electrons. The molecule has 0 saturated heterocycles. The summed E-state index contributed by atoms with van der Waals surface area (Å²) >= 11 is 1.42. The van der Waals surface area contributed by atoms with Gasteiger partial charge in [-0.1, -0.05) is 0 Å². The first-order valence-electron chi connectivity index (χ1n) is 8.38. The zero-order valence-electron chi connectivity index (χ0n) is 15.7. The first-order chi connectivity index (χ1) is 13.5. The summed E-state index contributed by atoms with van der Waals surface area (Å²) in [7, 11) is 4.75. The summed E-state index contributed by atoms with van der Waals surface area (Å²) in [5.74, 6) is 0.0767. The average Bonchev–Trinajstić information content (AvgIpc) is 3.37. The summed E-state index contributed by atoms with van der Waals surface area (Å²) in [6, 6.07) is 6.66. The Morgan fingerprint density at radius 2 is 1.96 bits per heavy atom. The van der Waals surface area contributed by atoms with Gasteiger partial charge in [0.2, 0.25) is 0 Å². The third kappa shape index (κ3) is 4.15. The van der Waals surface area contributed by atoms with E-state index in [1.165, 1.54) is 25.6 Å². The van der Waals surface area contributed by atoms with Crippen molar-refractivity contribution in [1.82, 2.24) is 15.1 Å². The van der Waals surface area contributed by atoms with Gasteiger partial charge in [-0.05, 0) is 29.6 Å². The molecule has 9 heteroatoms. The van der Waals surface area contributed by atoms with E-state index in [0.717, 1.165) is 5.69 Å². The second kappa shape index (κ2) is 8.57. The van der Waals surface area contributed by atoms with Gasteiger partial charge in [0.05, 0.1) is 37.7 Å². The number of nitrogens with one attached hydrogen (secondary N) is 2. The van der Waals surface area contributed by atoms with Crippen molar-refractivity contribution in [2.75, 3.05) is 19.5 Å². The quantitative estimate of drug-likeness (QED) is 0.636. The molecular formula is C19H20N4O4S. The van der Waals surface area contributed by atoms with Crippen LogP contribution < -0.4 is 20.1 Å². The van der Waals surface area contributed by atoms with Crippen molar-refractivity contribution in [2.45, 2.75) is 6.54 Å². The summed E-state index contributed by atoms with van der Waals surface area (Å²) in [5, 5.41) is 13.2. The number of benzene rings is 1. The minimum absolute atomic E-state index is 0.297. The minimum Gasteiger partial charge on any atom is -0.493 e. The van der Waals surface area contributed by atoms with Crippen LogP contribution in [0.4, 0.5) is 5.69 Å². The maximum absolute atomic E-state index is 12.6. The minimum atomic E-state index is -0.312. The van der Waals surface area contributed by atoms with Crippen LogP contribution >= 0.6 is 11.3 Å². The fraction of sp³-hybridized carbons (Fsp3) is 0.211. The molecule has 0 unspecified atom stereocenters. The first kappa shape index (κ1) is 19.4. The molecule has 1 aromatic carbocycles. The second-order valence-electron chi connectivity index (χ2n) is 5.85. The number of aromatic nitrogens is 2. The van der Waals surface area contributed by atoms with Gasteiger partial charge in [-0.25, -0.2) is 0 Å². The van der Waals surface area contributed by atoms with Crippen LogP contribution in [0.15, 0.2) is 41.2 Å². The molecule has 0 spiro atoms. The lowest BCUT2D eigenvalue weighted by Crippen LogP contribution is -2.24. The fourth-order valence-electron chi connectivity index (χ4n) is 2.62. The van der Waals surface area contributed by atoms with E-state index in [9.17, 15) is 9.59 Å². The van der Waals surface area contributed by atoms with Gasteiger partial charge < -0.3 is 20.1 Å². The maximum Gasteiger partial charge on any atom is 0.256 e.